The predicted octanol–water partition coefficient (Wildman–Crippen LogP) is 2.92. The predicted molar refractivity (Wildman–Crippen MR) is 63.0 cm³/mol. The molecule has 0 fully saturated rings. The molecule has 0 amide bonds. The van der Waals surface area contributed by atoms with Gasteiger partial charge in [-0.2, -0.15) is 0 Å². The minimum absolute atomic E-state index is 0.614. The van der Waals surface area contributed by atoms with E-state index < -0.39 is 0 Å². The van der Waals surface area contributed by atoms with Gasteiger partial charge in [0, 0.05) is 5.39 Å². The Kier molecular flexibility index (Phi) is 2.44. The van der Waals surface area contributed by atoms with E-state index >= 15 is 0 Å². The number of ether oxygens (including phenoxy) is 1. The molecule has 0 radical (unpaired) electrons. The van der Waals surface area contributed by atoms with Gasteiger partial charge < -0.3 is 9.72 Å². The number of aromatic nitrogens is 2. The number of aryl methyl sites for hydroxylation is 2. The lowest BCUT2D eigenvalue weighted by Crippen LogP contribution is -1.93. The summed E-state index contributed by atoms with van der Waals surface area (Å²) in [7, 11) is 1.65. The summed E-state index contributed by atoms with van der Waals surface area (Å²) in [6, 6.07) is 3.89. The van der Waals surface area contributed by atoms with Crippen LogP contribution in [0, 0.1) is 18.5 Å². The quantitative estimate of drug-likeness (QED) is 0.751. The summed E-state index contributed by atoms with van der Waals surface area (Å²) in [5.41, 5.74) is 2.15. The molecule has 0 bridgehead atoms. The van der Waals surface area contributed by atoms with Crippen LogP contribution in [0.15, 0.2) is 12.1 Å². The van der Waals surface area contributed by atoms with E-state index in [0.717, 1.165) is 28.0 Å². The third kappa shape index (κ3) is 1.72. The van der Waals surface area contributed by atoms with Gasteiger partial charge in [0.2, 0.25) is 0 Å². The maximum absolute atomic E-state index is 5.22. The van der Waals surface area contributed by atoms with Crippen LogP contribution in [0.1, 0.15) is 11.4 Å². The van der Waals surface area contributed by atoms with Crippen molar-refractivity contribution < 1.29 is 4.74 Å². The van der Waals surface area contributed by atoms with Crippen LogP contribution in [0.4, 0.5) is 0 Å². The van der Waals surface area contributed by atoms with Gasteiger partial charge in [0.25, 0.3) is 0 Å². The smallest absolute Gasteiger partial charge is 0.137 e. The number of fused-ring (bicyclic) bond motifs is 1. The highest BCUT2D eigenvalue weighted by Gasteiger charge is 2.04. The van der Waals surface area contributed by atoms with Crippen LogP contribution in [0.25, 0.3) is 10.9 Å². The highest BCUT2D eigenvalue weighted by Crippen LogP contribution is 2.23. The largest absolute Gasteiger partial charge is 0.497 e. The molecule has 1 heterocycles. The maximum Gasteiger partial charge on any atom is 0.137 e. The van der Waals surface area contributed by atoms with Crippen molar-refractivity contribution in [3.05, 3.63) is 28.2 Å². The van der Waals surface area contributed by atoms with Crippen molar-refractivity contribution in [1.29, 1.82) is 0 Å². The van der Waals surface area contributed by atoms with E-state index in [1.165, 1.54) is 0 Å². The van der Waals surface area contributed by atoms with Crippen LogP contribution in [0.5, 0.6) is 5.75 Å². The lowest BCUT2D eigenvalue weighted by Gasteiger charge is -2.07. The Morgan fingerprint density at radius 3 is 2.73 bits per heavy atom. The van der Waals surface area contributed by atoms with Gasteiger partial charge in [0.05, 0.1) is 12.6 Å². The van der Waals surface area contributed by atoms with Crippen LogP contribution < -0.4 is 4.74 Å². The van der Waals surface area contributed by atoms with Crippen molar-refractivity contribution in [3.8, 4) is 5.75 Å². The van der Waals surface area contributed by atoms with Crippen LogP contribution in [-0.2, 0) is 0 Å². The molecule has 4 heteroatoms. The Hall–Kier alpha value is -1.42. The second kappa shape index (κ2) is 3.62. The molecule has 0 unspecified atom stereocenters. The first-order valence-electron chi connectivity index (χ1n) is 4.67. The van der Waals surface area contributed by atoms with E-state index in [0.29, 0.717) is 4.64 Å². The molecule has 0 aliphatic carbocycles. The van der Waals surface area contributed by atoms with Crippen molar-refractivity contribution in [2.24, 2.45) is 0 Å². The molecule has 0 aliphatic heterocycles. The van der Waals surface area contributed by atoms with Gasteiger partial charge in [0.15, 0.2) is 0 Å². The van der Waals surface area contributed by atoms with Crippen molar-refractivity contribution >= 4 is 23.1 Å². The Labute approximate surface area is 93.1 Å². The second-order valence-corrected chi connectivity index (χ2v) is 3.88. The molecule has 3 nitrogen and oxygen atoms in total. The maximum atomic E-state index is 5.22. The number of benzene rings is 1. The van der Waals surface area contributed by atoms with Gasteiger partial charge in [-0.25, -0.2) is 4.98 Å². The first-order chi connectivity index (χ1) is 7.11. The first-order valence-corrected chi connectivity index (χ1v) is 5.08. The molecule has 0 spiro atoms. The molecule has 15 heavy (non-hydrogen) atoms. The van der Waals surface area contributed by atoms with Crippen LogP contribution in [-0.4, -0.2) is 17.1 Å². The number of aromatic amines is 1. The zero-order valence-corrected chi connectivity index (χ0v) is 9.73. The minimum atomic E-state index is 0.614. The molecular formula is C11H12N2OS. The zero-order valence-electron chi connectivity index (χ0n) is 8.92. The van der Waals surface area contributed by atoms with E-state index in [2.05, 4.69) is 9.97 Å². The third-order valence-corrected chi connectivity index (χ3v) is 2.66. The monoisotopic (exact) mass is 220 g/mol. The lowest BCUT2D eigenvalue weighted by atomic mass is 10.1. The van der Waals surface area contributed by atoms with Gasteiger partial charge in [-0.3, -0.25) is 0 Å². The van der Waals surface area contributed by atoms with E-state index in [1.54, 1.807) is 7.11 Å². The van der Waals surface area contributed by atoms with Crippen molar-refractivity contribution in [3.63, 3.8) is 0 Å². The highest BCUT2D eigenvalue weighted by molar-refractivity contribution is 7.71. The lowest BCUT2D eigenvalue weighted by molar-refractivity contribution is 0.415. The summed E-state index contributed by atoms with van der Waals surface area (Å²) >= 11 is 5.22. The molecule has 0 atom stereocenters. The van der Waals surface area contributed by atoms with Gasteiger partial charge in [-0.15, -0.1) is 0 Å². The summed E-state index contributed by atoms with van der Waals surface area (Å²) in [6.45, 7) is 3.93. The van der Waals surface area contributed by atoms with Gasteiger partial charge in [-0.05, 0) is 31.5 Å². The molecule has 1 aromatic carbocycles. The molecule has 0 aliphatic rings. The Morgan fingerprint density at radius 1 is 1.33 bits per heavy atom. The van der Waals surface area contributed by atoms with Crippen molar-refractivity contribution in [1.82, 2.24) is 9.97 Å². The number of nitrogens with one attached hydrogen (secondary N) is 1. The third-order valence-electron chi connectivity index (χ3n) is 2.35. The number of methoxy groups -OCH3 is 1. The highest BCUT2D eigenvalue weighted by atomic mass is 32.1. The topological polar surface area (TPSA) is 37.9 Å². The summed E-state index contributed by atoms with van der Waals surface area (Å²) < 4.78 is 5.81. The van der Waals surface area contributed by atoms with E-state index in [9.17, 15) is 0 Å². The Morgan fingerprint density at radius 2 is 2.07 bits per heavy atom. The molecule has 1 aromatic heterocycles. The standard InChI is InChI=1S/C11H12N2OS/c1-6-4-8(14-3)5-9-10(6)12-7(2)13-11(9)15/h4-5H,1-3H3,(H,12,13,15). The fraction of sp³-hybridized carbons (Fsp3) is 0.273. The molecule has 2 aromatic rings. The average molecular weight is 220 g/mol. The van der Waals surface area contributed by atoms with Gasteiger partial charge >= 0.3 is 0 Å². The summed E-state index contributed by atoms with van der Waals surface area (Å²) in [4.78, 5) is 7.44. The van der Waals surface area contributed by atoms with E-state index in [1.807, 2.05) is 26.0 Å². The molecule has 0 saturated heterocycles. The van der Waals surface area contributed by atoms with Gasteiger partial charge in [0.1, 0.15) is 16.2 Å². The first kappa shape index (κ1) is 10.1. The minimum Gasteiger partial charge on any atom is -0.497 e. The molecule has 2 rings (SSSR count). The summed E-state index contributed by atoms with van der Waals surface area (Å²) in [5.74, 6) is 1.64. The van der Waals surface area contributed by atoms with Crippen molar-refractivity contribution in [2.75, 3.05) is 7.11 Å². The average Bonchev–Trinajstić information content (AvgIpc) is 2.19. The fourth-order valence-electron chi connectivity index (χ4n) is 1.63. The van der Waals surface area contributed by atoms with E-state index in [-0.39, 0.29) is 0 Å². The molecular weight excluding hydrogens is 208 g/mol. The van der Waals surface area contributed by atoms with Crippen LogP contribution in [0.2, 0.25) is 0 Å². The van der Waals surface area contributed by atoms with Crippen LogP contribution >= 0.6 is 12.2 Å². The number of rotatable bonds is 1. The molecule has 0 saturated carbocycles. The fourth-order valence-corrected chi connectivity index (χ4v) is 1.93. The Bertz CT molecular complexity index is 575. The summed E-state index contributed by atoms with van der Waals surface area (Å²) in [6.07, 6.45) is 0. The number of H-pyrrole nitrogens is 1. The SMILES string of the molecule is COc1cc(C)c2[nH]c(C)nc(=S)c2c1. The van der Waals surface area contributed by atoms with E-state index in [4.69, 9.17) is 17.0 Å². The molecule has 78 valence electrons. The summed E-state index contributed by atoms with van der Waals surface area (Å²) in [5, 5.41) is 0.937. The van der Waals surface area contributed by atoms with Gasteiger partial charge in [-0.1, -0.05) is 12.2 Å². The van der Waals surface area contributed by atoms with Crippen molar-refractivity contribution in [2.45, 2.75) is 13.8 Å². The normalized spacial score (nSPS) is 10.6. The second-order valence-electron chi connectivity index (χ2n) is 3.49. The number of hydrogen-bond donors (Lipinski definition) is 1. The number of hydrogen-bond acceptors (Lipinski definition) is 3. The molecule has 1 N–H and O–H groups in total. The Balaban J connectivity index is 2.91. The zero-order chi connectivity index (χ0) is 11.0. The number of nitrogens with zero attached hydrogens (tertiary/aromatic N) is 1. The van der Waals surface area contributed by atoms with Crippen LogP contribution in [0.3, 0.4) is 0 Å².